The number of hydrogen-bond acceptors (Lipinski definition) is 7. The Morgan fingerprint density at radius 1 is 1.23 bits per heavy atom. The van der Waals surface area contributed by atoms with Crippen LogP contribution in [0.2, 0.25) is 0 Å². The van der Waals surface area contributed by atoms with E-state index >= 15 is 0 Å². The molecule has 9 heteroatoms. The van der Waals surface area contributed by atoms with Gasteiger partial charge in [0.15, 0.2) is 5.78 Å². The summed E-state index contributed by atoms with van der Waals surface area (Å²) in [7, 11) is 4.58. The van der Waals surface area contributed by atoms with Gasteiger partial charge in [-0.05, 0) is 44.0 Å². The molecule has 1 atom stereocenters. The minimum absolute atomic E-state index is 0.0226. The summed E-state index contributed by atoms with van der Waals surface area (Å²) in [5, 5.41) is 0. The predicted octanol–water partition coefficient (Wildman–Crippen LogP) is 1.58. The van der Waals surface area contributed by atoms with Crippen molar-refractivity contribution in [1.82, 2.24) is 14.0 Å². The Balaban J connectivity index is 1.96. The maximum Gasteiger partial charge on any atom is 0.332 e. The SMILES string of the molecule is CCCn1c(N)c(C(=O)CN2CCC[C@H]2c2cc(OC)ccc2OC)c(=O)n(C)c1=O. The van der Waals surface area contributed by atoms with Crippen molar-refractivity contribution < 1.29 is 14.3 Å². The van der Waals surface area contributed by atoms with Crippen LogP contribution in [-0.2, 0) is 13.6 Å². The van der Waals surface area contributed by atoms with Crippen molar-refractivity contribution in [2.75, 3.05) is 33.0 Å². The molecule has 1 aromatic carbocycles. The largest absolute Gasteiger partial charge is 0.497 e. The van der Waals surface area contributed by atoms with Gasteiger partial charge in [-0.15, -0.1) is 0 Å². The number of nitrogens with two attached hydrogens (primary N) is 1. The van der Waals surface area contributed by atoms with Gasteiger partial charge in [-0.3, -0.25) is 23.6 Å². The van der Waals surface area contributed by atoms with Gasteiger partial charge < -0.3 is 15.2 Å². The van der Waals surface area contributed by atoms with Crippen molar-refractivity contribution in [1.29, 1.82) is 0 Å². The van der Waals surface area contributed by atoms with Crippen molar-refractivity contribution in [2.45, 2.75) is 38.8 Å². The first-order valence-electron chi connectivity index (χ1n) is 10.4. The average molecular weight is 431 g/mol. The van der Waals surface area contributed by atoms with Crippen LogP contribution in [0.4, 0.5) is 5.82 Å². The Kier molecular flexibility index (Phi) is 6.84. The molecule has 1 aliphatic heterocycles. The number of aromatic nitrogens is 2. The van der Waals surface area contributed by atoms with E-state index in [-0.39, 0.29) is 24.0 Å². The van der Waals surface area contributed by atoms with Crippen LogP contribution in [0.3, 0.4) is 0 Å². The van der Waals surface area contributed by atoms with E-state index in [0.29, 0.717) is 25.3 Å². The van der Waals surface area contributed by atoms with E-state index in [2.05, 4.69) is 0 Å². The van der Waals surface area contributed by atoms with Crippen molar-refractivity contribution >= 4 is 11.6 Å². The fourth-order valence-electron chi connectivity index (χ4n) is 4.22. The summed E-state index contributed by atoms with van der Waals surface area (Å²) in [6, 6.07) is 5.54. The summed E-state index contributed by atoms with van der Waals surface area (Å²) < 4.78 is 13.1. The fraction of sp³-hybridized carbons (Fsp3) is 0.500. The third-order valence-electron chi connectivity index (χ3n) is 5.82. The highest BCUT2D eigenvalue weighted by atomic mass is 16.5. The number of Topliss-reactive ketones (excluding diaryl/α,β-unsaturated/α-hetero) is 1. The number of carbonyl (C=O) groups is 1. The van der Waals surface area contributed by atoms with E-state index in [1.165, 1.54) is 11.6 Å². The molecule has 168 valence electrons. The molecule has 31 heavy (non-hydrogen) atoms. The van der Waals surface area contributed by atoms with Crippen molar-refractivity contribution in [3.05, 3.63) is 50.2 Å². The molecule has 0 spiro atoms. The Bertz CT molecular complexity index is 1090. The van der Waals surface area contributed by atoms with Crippen LogP contribution in [0.5, 0.6) is 11.5 Å². The molecule has 0 aliphatic carbocycles. The minimum Gasteiger partial charge on any atom is -0.497 e. The first kappa shape index (κ1) is 22.6. The zero-order chi connectivity index (χ0) is 22.7. The molecule has 0 bridgehead atoms. The Morgan fingerprint density at radius 3 is 2.61 bits per heavy atom. The number of methoxy groups -OCH3 is 2. The van der Waals surface area contributed by atoms with Crippen LogP contribution in [0.25, 0.3) is 0 Å². The second-order valence-corrected chi connectivity index (χ2v) is 7.72. The molecule has 1 fully saturated rings. The number of benzene rings is 1. The molecule has 3 rings (SSSR count). The maximum absolute atomic E-state index is 13.2. The summed E-state index contributed by atoms with van der Waals surface area (Å²) in [4.78, 5) is 40.3. The molecular weight excluding hydrogens is 400 g/mol. The maximum atomic E-state index is 13.2. The van der Waals surface area contributed by atoms with Crippen LogP contribution in [0.1, 0.15) is 48.1 Å². The second-order valence-electron chi connectivity index (χ2n) is 7.72. The molecule has 9 nitrogen and oxygen atoms in total. The third-order valence-corrected chi connectivity index (χ3v) is 5.82. The van der Waals surface area contributed by atoms with E-state index in [4.69, 9.17) is 15.2 Å². The summed E-state index contributed by atoms with van der Waals surface area (Å²) >= 11 is 0. The number of carbonyl (C=O) groups excluding carboxylic acids is 1. The summed E-state index contributed by atoms with van der Waals surface area (Å²) in [6.45, 7) is 2.96. The first-order valence-corrected chi connectivity index (χ1v) is 10.4. The molecule has 0 radical (unpaired) electrons. The number of anilines is 1. The standard InChI is InChI=1S/C22H30N4O5/c1-5-10-26-20(23)19(21(28)24(2)22(26)29)17(27)13-25-11-6-7-16(25)15-12-14(30-3)8-9-18(15)31-4/h8-9,12,16H,5-7,10-11,13,23H2,1-4H3/t16-/m0/s1. The number of ketones is 1. The van der Waals surface area contributed by atoms with Crippen LogP contribution >= 0.6 is 0 Å². The summed E-state index contributed by atoms with van der Waals surface area (Å²) in [5.41, 5.74) is 5.76. The van der Waals surface area contributed by atoms with E-state index in [9.17, 15) is 14.4 Å². The van der Waals surface area contributed by atoms with E-state index in [1.54, 1.807) is 14.2 Å². The number of hydrogen-bond donors (Lipinski definition) is 1. The number of rotatable bonds is 8. The molecular formula is C22H30N4O5. The van der Waals surface area contributed by atoms with E-state index < -0.39 is 17.0 Å². The van der Waals surface area contributed by atoms with Gasteiger partial charge in [-0.1, -0.05) is 6.92 Å². The normalized spacial score (nSPS) is 16.5. The lowest BCUT2D eigenvalue weighted by molar-refractivity contribution is 0.0918. The number of nitrogens with zero attached hydrogens (tertiary/aromatic N) is 3. The number of likely N-dealkylation sites (tertiary alicyclic amines) is 1. The lowest BCUT2D eigenvalue weighted by Crippen LogP contribution is -2.44. The quantitative estimate of drug-likeness (QED) is 0.633. The molecule has 1 saturated heterocycles. The summed E-state index contributed by atoms with van der Waals surface area (Å²) in [5.74, 6) is 0.974. The Hall–Kier alpha value is -3.07. The molecule has 0 saturated carbocycles. The summed E-state index contributed by atoms with van der Waals surface area (Å²) in [6.07, 6.45) is 2.40. The van der Waals surface area contributed by atoms with E-state index in [0.717, 1.165) is 28.7 Å². The lowest BCUT2D eigenvalue weighted by Gasteiger charge is -2.26. The van der Waals surface area contributed by atoms with Gasteiger partial charge in [0, 0.05) is 25.2 Å². The number of nitrogen functional groups attached to an aromatic ring is 1. The molecule has 1 aliphatic rings. The topological polar surface area (TPSA) is 109 Å². The highest BCUT2D eigenvalue weighted by Gasteiger charge is 2.32. The van der Waals surface area contributed by atoms with Gasteiger partial charge >= 0.3 is 5.69 Å². The smallest absolute Gasteiger partial charge is 0.332 e. The monoisotopic (exact) mass is 430 g/mol. The Labute approximate surface area is 181 Å². The van der Waals surface area contributed by atoms with Crippen LogP contribution in [0, 0.1) is 0 Å². The molecule has 0 unspecified atom stereocenters. The van der Waals surface area contributed by atoms with Crippen LogP contribution in [0.15, 0.2) is 27.8 Å². The average Bonchev–Trinajstić information content (AvgIpc) is 3.22. The van der Waals surface area contributed by atoms with Gasteiger partial charge in [0.1, 0.15) is 22.9 Å². The number of ether oxygens (including phenoxy) is 2. The zero-order valence-electron chi connectivity index (χ0n) is 18.5. The van der Waals surface area contributed by atoms with Gasteiger partial charge in [-0.25, -0.2) is 4.79 Å². The van der Waals surface area contributed by atoms with Gasteiger partial charge in [0.2, 0.25) is 0 Å². The van der Waals surface area contributed by atoms with E-state index in [1.807, 2.05) is 30.0 Å². The first-order chi connectivity index (χ1) is 14.8. The lowest BCUT2D eigenvalue weighted by atomic mass is 10.0. The van der Waals surface area contributed by atoms with Crippen molar-refractivity contribution in [3.8, 4) is 11.5 Å². The highest BCUT2D eigenvalue weighted by molar-refractivity contribution is 6.01. The molecule has 0 amide bonds. The van der Waals surface area contributed by atoms with Crippen molar-refractivity contribution in [3.63, 3.8) is 0 Å². The molecule has 2 aromatic rings. The van der Waals surface area contributed by atoms with Gasteiger partial charge in [0.05, 0.1) is 20.8 Å². The van der Waals surface area contributed by atoms with Gasteiger partial charge in [0.25, 0.3) is 5.56 Å². The minimum atomic E-state index is -0.658. The zero-order valence-corrected chi connectivity index (χ0v) is 18.5. The molecule has 2 heterocycles. The fourth-order valence-corrected chi connectivity index (χ4v) is 4.22. The molecule has 1 aromatic heterocycles. The predicted molar refractivity (Wildman–Crippen MR) is 118 cm³/mol. The van der Waals surface area contributed by atoms with Crippen molar-refractivity contribution in [2.24, 2.45) is 7.05 Å². The Morgan fingerprint density at radius 2 is 1.97 bits per heavy atom. The van der Waals surface area contributed by atoms with Gasteiger partial charge in [-0.2, -0.15) is 0 Å². The second kappa shape index (κ2) is 9.38. The molecule has 2 N–H and O–H groups in total. The highest BCUT2D eigenvalue weighted by Crippen LogP contribution is 2.38. The van der Waals surface area contributed by atoms with Crippen LogP contribution < -0.4 is 26.5 Å². The third kappa shape index (κ3) is 4.23. The van der Waals surface area contributed by atoms with Crippen LogP contribution in [-0.4, -0.2) is 47.1 Å².